The molecular weight excluding hydrogens is 192 g/mol. The summed E-state index contributed by atoms with van der Waals surface area (Å²) in [6, 6.07) is 0.421. The average Bonchev–Trinajstić information content (AvgIpc) is 2.68. The van der Waals surface area contributed by atoms with E-state index in [1.165, 1.54) is 0 Å². The lowest BCUT2D eigenvalue weighted by atomic mass is 10.0. The minimum atomic E-state index is 0.383. The standard InChI is InChI=1S/C11H24N2O2/c1-9(8-14-2)11(6-12)13-5-4-10(7-13)15-3/h9-11H,4-8,12H2,1-3H3. The molecule has 4 nitrogen and oxygen atoms in total. The van der Waals surface area contributed by atoms with Crippen LogP contribution in [0.3, 0.4) is 0 Å². The molecule has 0 radical (unpaired) electrons. The smallest absolute Gasteiger partial charge is 0.0710 e. The summed E-state index contributed by atoms with van der Waals surface area (Å²) in [5.74, 6) is 0.482. The number of likely N-dealkylation sites (tertiary alicyclic amines) is 1. The predicted molar refractivity (Wildman–Crippen MR) is 60.9 cm³/mol. The van der Waals surface area contributed by atoms with E-state index in [9.17, 15) is 0 Å². The highest BCUT2D eigenvalue weighted by atomic mass is 16.5. The predicted octanol–water partition coefficient (Wildman–Crippen LogP) is 0.317. The van der Waals surface area contributed by atoms with Crippen LogP contribution >= 0.6 is 0 Å². The normalized spacial score (nSPS) is 26.8. The molecule has 90 valence electrons. The highest BCUT2D eigenvalue weighted by molar-refractivity contribution is 4.85. The van der Waals surface area contributed by atoms with Crippen molar-refractivity contribution in [1.82, 2.24) is 4.90 Å². The number of ether oxygens (including phenoxy) is 2. The van der Waals surface area contributed by atoms with E-state index in [0.29, 0.717) is 24.6 Å². The molecule has 4 heteroatoms. The molecule has 0 spiro atoms. The number of nitrogens with two attached hydrogens (primary N) is 1. The molecule has 1 rings (SSSR count). The van der Waals surface area contributed by atoms with Crippen molar-refractivity contribution in [3.05, 3.63) is 0 Å². The van der Waals surface area contributed by atoms with E-state index >= 15 is 0 Å². The Morgan fingerprint density at radius 1 is 1.47 bits per heavy atom. The quantitative estimate of drug-likeness (QED) is 0.694. The molecule has 0 aromatic carbocycles. The summed E-state index contributed by atoms with van der Waals surface area (Å²) < 4.78 is 10.5. The minimum Gasteiger partial charge on any atom is -0.384 e. The summed E-state index contributed by atoms with van der Waals surface area (Å²) in [6.07, 6.45) is 1.50. The molecule has 1 aliphatic heterocycles. The summed E-state index contributed by atoms with van der Waals surface area (Å²) in [5, 5.41) is 0. The second-order valence-corrected chi connectivity index (χ2v) is 4.38. The SMILES string of the molecule is COCC(C)C(CN)N1CCC(OC)C1. The monoisotopic (exact) mass is 216 g/mol. The fraction of sp³-hybridized carbons (Fsp3) is 1.00. The van der Waals surface area contributed by atoms with Gasteiger partial charge in [0.15, 0.2) is 0 Å². The van der Waals surface area contributed by atoms with Crippen LogP contribution in [-0.4, -0.2) is 57.5 Å². The summed E-state index contributed by atoms with van der Waals surface area (Å²) in [7, 11) is 3.52. The summed E-state index contributed by atoms with van der Waals surface area (Å²) >= 11 is 0. The van der Waals surface area contributed by atoms with Gasteiger partial charge in [-0.2, -0.15) is 0 Å². The second kappa shape index (κ2) is 6.43. The third-order valence-corrected chi connectivity index (χ3v) is 3.31. The van der Waals surface area contributed by atoms with Gasteiger partial charge in [0.05, 0.1) is 12.7 Å². The number of hydrogen-bond acceptors (Lipinski definition) is 4. The van der Waals surface area contributed by atoms with E-state index in [-0.39, 0.29) is 0 Å². The Balaban J connectivity index is 2.44. The van der Waals surface area contributed by atoms with E-state index < -0.39 is 0 Å². The van der Waals surface area contributed by atoms with Crippen LogP contribution in [0.5, 0.6) is 0 Å². The van der Waals surface area contributed by atoms with E-state index in [0.717, 1.165) is 26.1 Å². The first kappa shape index (κ1) is 12.9. The number of methoxy groups -OCH3 is 2. The van der Waals surface area contributed by atoms with Crippen molar-refractivity contribution in [2.45, 2.75) is 25.5 Å². The fourth-order valence-electron chi connectivity index (χ4n) is 2.36. The number of rotatable bonds is 6. The van der Waals surface area contributed by atoms with Gasteiger partial charge in [-0.3, -0.25) is 4.90 Å². The molecule has 1 heterocycles. The lowest BCUT2D eigenvalue weighted by Crippen LogP contribution is -2.45. The Kier molecular flexibility index (Phi) is 5.53. The van der Waals surface area contributed by atoms with Gasteiger partial charge in [-0.1, -0.05) is 6.92 Å². The van der Waals surface area contributed by atoms with Gasteiger partial charge in [0.2, 0.25) is 0 Å². The molecule has 2 N–H and O–H groups in total. The molecule has 15 heavy (non-hydrogen) atoms. The first-order valence-electron chi connectivity index (χ1n) is 5.68. The van der Waals surface area contributed by atoms with Gasteiger partial charge in [0.25, 0.3) is 0 Å². The van der Waals surface area contributed by atoms with Crippen molar-refractivity contribution in [3.8, 4) is 0 Å². The van der Waals surface area contributed by atoms with Gasteiger partial charge in [-0.05, 0) is 12.3 Å². The molecule has 0 saturated carbocycles. The Bertz CT molecular complexity index is 178. The van der Waals surface area contributed by atoms with Gasteiger partial charge in [0, 0.05) is 39.9 Å². The largest absolute Gasteiger partial charge is 0.384 e. The molecule has 0 aromatic rings. The molecule has 1 saturated heterocycles. The van der Waals surface area contributed by atoms with Crippen LogP contribution < -0.4 is 5.73 Å². The van der Waals surface area contributed by atoms with Crippen molar-refractivity contribution in [1.29, 1.82) is 0 Å². The van der Waals surface area contributed by atoms with Crippen LogP contribution in [0, 0.1) is 5.92 Å². The van der Waals surface area contributed by atoms with Crippen molar-refractivity contribution < 1.29 is 9.47 Å². The van der Waals surface area contributed by atoms with Gasteiger partial charge in [-0.15, -0.1) is 0 Å². The molecule has 1 fully saturated rings. The average molecular weight is 216 g/mol. The maximum atomic E-state index is 5.83. The lowest BCUT2D eigenvalue weighted by molar-refractivity contribution is 0.0738. The second-order valence-electron chi connectivity index (χ2n) is 4.38. The first-order chi connectivity index (χ1) is 7.22. The van der Waals surface area contributed by atoms with Crippen molar-refractivity contribution in [2.75, 3.05) is 40.5 Å². The Labute approximate surface area is 92.7 Å². The zero-order valence-electron chi connectivity index (χ0n) is 10.1. The zero-order valence-corrected chi connectivity index (χ0v) is 10.1. The van der Waals surface area contributed by atoms with Crippen LogP contribution in [0.1, 0.15) is 13.3 Å². The maximum Gasteiger partial charge on any atom is 0.0710 e. The van der Waals surface area contributed by atoms with Crippen molar-refractivity contribution in [3.63, 3.8) is 0 Å². The first-order valence-corrected chi connectivity index (χ1v) is 5.68. The van der Waals surface area contributed by atoms with E-state index in [1.807, 2.05) is 0 Å². The van der Waals surface area contributed by atoms with E-state index in [1.54, 1.807) is 14.2 Å². The molecule has 0 aromatic heterocycles. The van der Waals surface area contributed by atoms with Crippen molar-refractivity contribution in [2.24, 2.45) is 11.7 Å². The highest BCUT2D eigenvalue weighted by Gasteiger charge is 2.30. The van der Waals surface area contributed by atoms with Crippen LogP contribution in [0.2, 0.25) is 0 Å². The van der Waals surface area contributed by atoms with Crippen LogP contribution in [0.25, 0.3) is 0 Å². The number of hydrogen-bond donors (Lipinski definition) is 1. The number of nitrogens with zero attached hydrogens (tertiary/aromatic N) is 1. The van der Waals surface area contributed by atoms with Gasteiger partial charge in [0.1, 0.15) is 0 Å². The molecule has 1 aliphatic rings. The molecule has 0 amide bonds. The molecule has 0 bridgehead atoms. The summed E-state index contributed by atoms with van der Waals surface area (Å²) in [5.41, 5.74) is 5.83. The van der Waals surface area contributed by atoms with Crippen LogP contribution in [0.15, 0.2) is 0 Å². The van der Waals surface area contributed by atoms with Crippen LogP contribution in [0.4, 0.5) is 0 Å². The zero-order chi connectivity index (χ0) is 11.3. The third kappa shape index (κ3) is 3.41. The summed E-state index contributed by atoms with van der Waals surface area (Å²) in [4.78, 5) is 2.43. The Morgan fingerprint density at radius 2 is 2.20 bits per heavy atom. The Morgan fingerprint density at radius 3 is 2.67 bits per heavy atom. The van der Waals surface area contributed by atoms with Gasteiger partial charge >= 0.3 is 0 Å². The minimum absolute atomic E-state index is 0.383. The van der Waals surface area contributed by atoms with Crippen molar-refractivity contribution >= 4 is 0 Å². The van der Waals surface area contributed by atoms with E-state index in [2.05, 4.69) is 11.8 Å². The van der Waals surface area contributed by atoms with Gasteiger partial charge < -0.3 is 15.2 Å². The molecule has 3 atom stereocenters. The fourth-order valence-corrected chi connectivity index (χ4v) is 2.36. The third-order valence-electron chi connectivity index (χ3n) is 3.31. The van der Waals surface area contributed by atoms with E-state index in [4.69, 9.17) is 15.2 Å². The molecule has 0 aliphatic carbocycles. The molecule has 3 unspecified atom stereocenters. The van der Waals surface area contributed by atoms with Crippen LogP contribution in [-0.2, 0) is 9.47 Å². The highest BCUT2D eigenvalue weighted by Crippen LogP contribution is 2.19. The Hall–Kier alpha value is -0.160. The topological polar surface area (TPSA) is 47.7 Å². The lowest BCUT2D eigenvalue weighted by Gasteiger charge is -2.31. The van der Waals surface area contributed by atoms with Gasteiger partial charge in [-0.25, -0.2) is 0 Å². The summed E-state index contributed by atoms with van der Waals surface area (Å²) in [6.45, 7) is 5.76. The molecular formula is C11H24N2O2. The maximum absolute atomic E-state index is 5.83.